The highest BCUT2D eigenvalue weighted by Crippen LogP contribution is 2.00. The Morgan fingerprint density at radius 2 is 1.78 bits per heavy atom. The van der Waals surface area contributed by atoms with Gasteiger partial charge in [-0.2, -0.15) is 4.89 Å². The molecule has 0 heterocycles. The fourth-order valence-corrected chi connectivity index (χ4v) is 0.754. The Balaban J connectivity index is 3.68. The monoisotopic (exact) mass is 260 g/mol. The van der Waals surface area contributed by atoms with Crippen LogP contribution >= 0.6 is 0 Å². The minimum absolute atomic E-state index is 0.0736. The van der Waals surface area contributed by atoms with E-state index in [4.69, 9.17) is 9.47 Å². The highest BCUT2D eigenvalue weighted by Gasteiger charge is 2.12. The van der Waals surface area contributed by atoms with E-state index in [0.717, 1.165) is 0 Å². The van der Waals surface area contributed by atoms with Gasteiger partial charge in [-0.15, -0.1) is 0 Å². The molecule has 0 aromatic rings. The SMILES string of the molecule is C=C(C)C(=O)OC(C)COOC(=O)OCC(C)C. The molecule has 0 saturated carbocycles. The molecule has 0 amide bonds. The highest BCUT2D eigenvalue weighted by molar-refractivity contribution is 5.87. The molecule has 0 bridgehead atoms. The van der Waals surface area contributed by atoms with Gasteiger partial charge in [0, 0.05) is 5.57 Å². The van der Waals surface area contributed by atoms with Crippen LogP contribution in [-0.2, 0) is 24.0 Å². The molecule has 0 radical (unpaired) electrons. The van der Waals surface area contributed by atoms with Gasteiger partial charge in [-0.3, -0.25) is 4.89 Å². The number of hydrogen-bond acceptors (Lipinski definition) is 6. The molecule has 0 N–H and O–H groups in total. The molecule has 0 spiro atoms. The second-order valence-electron chi connectivity index (χ2n) is 4.32. The second kappa shape index (κ2) is 8.52. The molecule has 0 aliphatic rings. The molecule has 6 nitrogen and oxygen atoms in total. The first-order valence-corrected chi connectivity index (χ1v) is 5.65. The van der Waals surface area contributed by atoms with Crippen LogP contribution in [0.2, 0.25) is 0 Å². The molecular formula is C12H20O6. The summed E-state index contributed by atoms with van der Waals surface area (Å²) in [6.45, 7) is 10.5. The third-order valence-corrected chi connectivity index (χ3v) is 1.62. The van der Waals surface area contributed by atoms with E-state index >= 15 is 0 Å². The Morgan fingerprint density at radius 1 is 1.17 bits per heavy atom. The van der Waals surface area contributed by atoms with E-state index in [0.29, 0.717) is 5.57 Å². The molecule has 0 aliphatic heterocycles. The molecule has 6 heteroatoms. The number of ether oxygens (including phenoxy) is 2. The van der Waals surface area contributed by atoms with E-state index in [-0.39, 0.29) is 19.1 Å². The zero-order valence-electron chi connectivity index (χ0n) is 11.2. The van der Waals surface area contributed by atoms with Gasteiger partial charge < -0.3 is 9.47 Å². The summed E-state index contributed by atoms with van der Waals surface area (Å²) in [5, 5.41) is 0. The topological polar surface area (TPSA) is 71.1 Å². The normalized spacial score (nSPS) is 11.8. The minimum Gasteiger partial charge on any atom is -0.457 e. The molecular weight excluding hydrogens is 240 g/mol. The molecule has 0 aliphatic carbocycles. The predicted molar refractivity (Wildman–Crippen MR) is 63.6 cm³/mol. The fourth-order valence-electron chi connectivity index (χ4n) is 0.754. The van der Waals surface area contributed by atoms with Crippen molar-refractivity contribution in [2.45, 2.75) is 33.8 Å². The third-order valence-electron chi connectivity index (χ3n) is 1.62. The molecule has 0 fully saturated rings. The van der Waals surface area contributed by atoms with Crippen molar-refractivity contribution in [1.29, 1.82) is 0 Å². The predicted octanol–water partition coefficient (Wildman–Crippen LogP) is 2.24. The van der Waals surface area contributed by atoms with Crippen molar-refractivity contribution in [1.82, 2.24) is 0 Å². The zero-order chi connectivity index (χ0) is 14.1. The van der Waals surface area contributed by atoms with Crippen molar-refractivity contribution in [2.75, 3.05) is 13.2 Å². The van der Waals surface area contributed by atoms with Crippen LogP contribution in [0.3, 0.4) is 0 Å². The van der Waals surface area contributed by atoms with Crippen LogP contribution < -0.4 is 0 Å². The molecule has 1 unspecified atom stereocenters. The van der Waals surface area contributed by atoms with E-state index in [1.807, 2.05) is 13.8 Å². The number of esters is 1. The van der Waals surface area contributed by atoms with Crippen LogP contribution in [-0.4, -0.2) is 31.4 Å². The summed E-state index contributed by atoms with van der Waals surface area (Å²) in [4.78, 5) is 31.0. The summed E-state index contributed by atoms with van der Waals surface area (Å²) in [7, 11) is 0. The lowest BCUT2D eigenvalue weighted by Gasteiger charge is -2.12. The zero-order valence-corrected chi connectivity index (χ0v) is 11.2. The molecule has 104 valence electrons. The van der Waals surface area contributed by atoms with Crippen molar-refractivity contribution in [3.8, 4) is 0 Å². The average molecular weight is 260 g/mol. The summed E-state index contributed by atoms with van der Waals surface area (Å²) in [6, 6.07) is 0. The van der Waals surface area contributed by atoms with Crippen molar-refractivity contribution < 1.29 is 28.8 Å². The van der Waals surface area contributed by atoms with Crippen LogP contribution in [0.4, 0.5) is 4.79 Å². The maximum absolute atomic E-state index is 11.1. The van der Waals surface area contributed by atoms with Crippen molar-refractivity contribution >= 4 is 12.1 Å². The molecule has 1 atom stereocenters. The third kappa shape index (κ3) is 8.58. The Kier molecular flexibility index (Phi) is 7.78. The van der Waals surface area contributed by atoms with Crippen molar-refractivity contribution in [3.05, 3.63) is 12.2 Å². The van der Waals surface area contributed by atoms with Gasteiger partial charge >= 0.3 is 12.1 Å². The van der Waals surface area contributed by atoms with Gasteiger partial charge in [-0.25, -0.2) is 9.59 Å². The number of hydrogen-bond donors (Lipinski definition) is 0. The van der Waals surface area contributed by atoms with Crippen LogP contribution in [0.25, 0.3) is 0 Å². The lowest BCUT2D eigenvalue weighted by molar-refractivity contribution is -0.267. The quantitative estimate of drug-likeness (QED) is 0.302. The Bertz CT molecular complexity index is 297. The number of rotatable bonds is 7. The smallest absolute Gasteiger partial charge is 0.457 e. The van der Waals surface area contributed by atoms with Gasteiger partial charge in [0.15, 0.2) is 0 Å². The lowest BCUT2D eigenvalue weighted by atomic mass is 10.2. The van der Waals surface area contributed by atoms with E-state index in [9.17, 15) is 9.59 Å². The van der Waals surface area contributed by atoms with Gasteiger partial charge in [-0.05, 0) is 19.8 Å². The summed E-state index contributed by atoms with van der Waals surface area (Å²) >= 11 is 0. The first-order chi connectivity index (χ1) is 8.32. The fraction of sp³-hybridized carbons (Fsp3) is 0.667. The summed E-state index contributed by atoms with van der Waals surface area (Å²) in [6.07, 6.45) is -1.46. The molecule has 0 rings (SSSR count). The first kappa shape index (κ1) is 16.4. The largest absolute Gasteiger partial charge is 0.540 e. The lowest BCUT2D eigenvalue weighted by Crippen LogP contribution is -2.22. The average Bonchev–Trinajstić information content (AvgIpc) is 2.26. The van der Waals surface area contributed by atoms with Gasteiger partial charge in [0.1, 0.15) is 12.7 Å². The summed E-state index contributed by atoms with van der Waals surface area (Å²) in [5.74, 6) is -0.304. The molecule has 0 saturated heterocycles. The molecule has 18 heavy (non-hydrogen) atoms. The maximum atomic E-state index is 11.1. The van der Waals surface area contributed by atoms with E-state index in [1.165, 1.54) is 6.92 Å². The van der Waals surface area contributed by atoms with Crippen molar-refractivity contribution in [2.24, 2.45) is 5.92 Å². The standard InChI is InChI=1S/C12H20O6/c1-8(2)6-15-12(14)18-16-7-10(5)17-11(13)9(3)4/h8,10H,3,6-7H2,1-2,4-5H3. The van der Waals surface area contributed by atoms with Gasteiger partial charge in [-0.1, -0.05) is 20.4 Å². The number of carbonyl (C=O) groups is 2. The van der Waals surface area contributed by atoms with Gasteiger partial charge in [0.05, 0.1) is 6.61 Å². The molecule has 0 aromatic heterocycles. The second-order valence-corrected chi connectivity index (χ2v) is 4.32. The Morgan fingerprint density at radius 3 is 2.28 bits per heavy atom. The first-order valence-electron chi connectivity index (χ1n) is 5.65. The van der Waals surface area contributed by atoms with Crippen LogP contribution in [0.1, 0.15) is 27.7 Å². The summed E-state index contributed by atoms with van der Waals surface area (Å²) < 4.78 is 9.59. The highest BCUT2D eigenvalue weighted by atomic mass is 17.2. The Hall–Kier alpha value is -1.56. The maximum Gasteiger partial charge on any atom is 0.540 e. The van der Waals surface area contributed by atoms with Gasteiger partial charge in [0.25, 0.3) is 0 Å². The summed E-state index contributed by atoms with van der Waals surface area (Å²) in [5.41, 5.74) is 0.291. The van der Waals surface area contributed by atoms with Crippen LogP contribution in [0, 0.1) is 5.92 Å². The Labute approximate surface area is 107 Å². The van der Waals surface area contributed by atoms with E-state index < -0.39 is 18.2 Å². The van der Waals surface area contributed by atoms with Gasteiger partial charge in [0.2, 0.25) is 0 Å². The van der Waals surface area contributed by atoms with E-state index in [1.54, 1.807) is 6.92 Å². The minimum atomic E-state index is -0.915. The molecule has 0 aromatic carbocycles. The van der Waals surface area contributed by atoms with Crippen molar-refractivity contribution in [3.63, 3.8) is 0 Å². The van der Waals surface area contributed by atoms with E-state index in [2.05, 4.69) is 16.4 Å². The van der Waals surface area contributed by atoms with Crippen LogP contribution in [0.5, 0.6) is 0 Å². The number of carbonyl (C=O) groups excluding carboxylic acids is 2. The van der Waals surface area contributed by atoms with Crippen LogP contribution in [0.15, 0.2) is 12.2 Å².